The first-order valence-corrected chi connectivity index (χ1v) is 7.09. The third-order valence-electron chi connectivity index (χ3n) is 2.95. The molecule has 1 saturated heterocycles. The molecule has 1 rings (SSSR count). The lowest BCUT2D eigenvalue weighted by Crippen LogP contribution is -2.55. The maximum atomic E-state index is 3.63. The molecule has 1 heterocycles. The number of nitrogens with one attached hydrogen (secondary N) is 2. The molecule has 0 spiro atoms. The van der Waals surface area contributed by atoms with Gasteiger partial charge in [-0.3, -0.25) is 0 Å². The summed E-state index contributed by atoms with van der Waals surface area (Å²) in [5, 5.41) is 6.94. The van der Waals surface area contributed by atoms with Crippen molar-refractivity contribution in [1.82, 2.24) is 10.6 Å². The van der Waals surface area contributed by atoms with Gasteiger partial charge in [0.1, 0.15) is 0 Å². The molecule has 0 aromatic rings. The van der Waals surface area contributed by atoms with Crippen LogP contribution in [0.25, 0.3) is 0 Å². The van der Waals surface area contributed by atoms with Gasteiger partial charge in [0.15, 0.2) is 0 Å². The van der Waals surface area contributed by atoms with Crippen LogP contribution < -0.4 is 10.6 Å². The zero-order valence-corrected chi connectivity index (χ0v) is 13.3. The van der Waals surface area contributed by atoms with Gasteiger partial charge in [-0.25, -0.2) is 0 Å². The number of piperidine rings is 1. The molecule has 0 radical (unpaired) electrons. The van der Waals surface area contributed by atoms with Crippen LogP contribution >= 0.6 is 0 Å². The third kappa shape index (κ3) is 9.61. The second kappa shape index (κ2) is 6.75. The molecule has 2 nitrogen and oxygen atoms in total. The summed E-state index contributed by atoms with van der Waals surface area (Å²) in [6, 6.07) is 1.25. The highest BCUT2D eigenvalue weighted by Crippen LogP contribution is 2.27. The molecular weight excluding hydrogens is 208 g/mol. The highest BCUT2D eigenvalue weighted by atomic mass is 15.0. The Hall–Kier alpha value is -0.0800. The predicted molar refractivity (Wildman–Crippen MR) is 78.6 cm³/mol. The van der Waals surface area contributed by atoms with Crippen LogP contribution in [-0.2, 0) is 0 Å². The minimum atomic E-state index is 0.363. The number of hydrogen-bond acceptors (Lipinski definition) is 2. The van der Waals surface area contributed by atoms with Gasteiger partial charge in [-0.1, -0.05) is 27.7 Å². The van der Waals surface area contributed by atoms with E-state index in [1.165, 1.54) is 19.3 Å². The zero-order chi connectivity index (χ0) is 13.7. The fourth-order valence-corrected chi connectivity index (χ4v) is 2.68. The third-order valence-corrected chi connectivity index (χ3v) is 2.95. The van der Waals surface area contributed by atoms with Gasteiger partial charge in [0, 0.05) is 23.2 Å². The molecule has 0 amide bonds. The monoisotopic (exact) mass is 242 g/mol. The van der Waals surface area contributed by atoms with E-state index in [4.69, 9.17) is 0 Å². The van der Waals surface area contributed by atoms with E-state index in [0.29, 0.717) is 23.2 Å². The molecule has 0 aromatic heterocycles. The van der Waals surface area contributed by atoms with Crippen molar-refractivity contribution in [2.75, 3.05) is 0 Å². The fraction of sp³-hybridized carbons (Fsp3) is 1.00. The largest absolute Gasteiger partial charge is 0.312 e. The van der Waals surface area contributed by atoms with E-state index < -0.39 is 0 Å². The Balaban J connectivity index is 0.000000325. The quantitative estimate of drug-likeness (QED) is 0.771. The standard InChI is InChI=1S/C9H19N.C6H15N/c1-8(2)6-5-7-9(3,4)10-8;1-5(2)7-6(3)4/h10H,5-7H2,1-4H3;5-7H,1-4H3. The number of hydrogen-bond donors (Lipinski definition) is 2. The van der Waals surface area contributed by atoms with Crippen molar-refractivity contribution >= 4 is 0 Å². The van der Waals surface area contributed by atoms with Crippen LogP contribution in [0.15, 0.2) is 0 Å². The normalized spacial score (nSPS) is 22.2. The van der Waals surface area contributed by atoms with Crippen molar-refractivity contribution in [3.63, 3.8) is 0 Å². The molecule has 0 aromatic carbocycles. The summed E-state index contributed by atoms with van der Waals surface area (Å²) in [6.45, 7) is 17.8. The molecule has 17 heavy (non-hydrogen) atoms. The Bertz CT molecular complexity index is 185. The van der Waals surface area contributed by atoms with Crippen LogP contribution in [0.3, 0.4) is 0 Å². The smallest absolute Gasteiger partial charge is 0.0130 e. The van der Waals surface area contributed by atoms with E-state index in [2.05, 4.69) is 66.0 Å². The van der Waals surface area contributed by atoms with E-state index >= 15 is 0 Å². The number of rotatable bonds is 2. The van der Waals surface area contributed by atoms with Gasteiger partial charge < -0.3 is 10.6 Å². The summed E-state index contributed by atoms with van der Waals surface area (Å²) < 4.78 is 0. The van der Waals surface area contributed by atoms with Crippen molar-refractivity contribution in [2.24, 2.45) is 0 Å². The Morgan fingerprint density at radius 2 is 1.18 bits per heavy atom. The predicted octanol–water partition coefficient (Wildman–Crippen LogP) is 3.71. The summed E-state index contributed by atoms with van der Waals surface area (Å²) in [4.78, 5) is 0. The average molecular weight is 242 g/mol. The lowest BCUT2D eigenvalue weighted by molar-refractivity contribution is 0.183. The van der Waals surface area contributed by atoms with Crippen LogP contribution in [0.1, 0.15) is 74.7 Å². The zero-order valence-electron chi connectivity index (χ0n) is 13.3. The van der Waals surface area contributed by atoms with Crippen LogP contribution in [0.4, 0.5) is 0 Å². The maximum Gasteiger partial charge on any atom is 0.0130 e. The first-order chi connectivity index (χ1) is 7.54. The molecule has 104 valence electrons. The summed E-state index contributed by atoms with van der Waals surface area (Å²) in [6.07, 6.45) is 4.00. The van der Waals surface area contributed by atoms with Crippen molar-refractivity contribution in [3.05, 3.63) is 0 Å². The van der Waals surface area contributed by atoms with E-state index in [9.17, 15) is 0 Å². The van der Waals surface area contributed by atoms with Crippen LogP contribution in [0, 0.1) is 0 Å². The summed E-state index contributed by atoms with van der Waals surface area (Å²) in [7, 11) is 0. The SMILES string of the molecule is CC(C)NC(C)C.CC1(C)CCCC(C)(C)N1. The highest BCUT2D eigenvalue weighted by Gasteiger charge is 2.31. The molecule has 0 unspecified atom stereocenters. The Kier molecular flexibility index (Phi) is 6.71. The van der Waals surface area contributed by atoms with Crippen LogP contribution in [0.2, 0.25) is 0 Å². The van der Waals surface area contributed by atoms with Gasteiger partial charge in [0.25, 0.3) is 0 Å². The molecule has 0 atom stereocenters. The van der Waals surface area contributed by atoms with Gasteiger partial charge >= 0.3 is 0 Å². The van der Waals surface area contributed by atoms with Gasteiger partial charge in [-0.15, -0.1) is 0 Å². The van der Waals surface area contributed by atoms with E-state index in [1.807, 2.05) is 0 Å². The van der Waals surface area contributed by atoms with E-state index in [0.717, 1.165) is 0 Å². The van der Waals surface area contributed by atoms with Gasteiger partial charge in [0.05, 0.1) is 0 Å². The van der Waals surface area contributed by atoms with Gasteiger partial charge in [0.2, 0.25) is 0 Å². The summed E-state index contributed by atoms with van der Waals surface area (Å²) in [5.41, 5.74) is 0.726. The van der Waals surface area contributed by atoms with Crippen molar-refractivity contribution in [1.29, 1.82) is 0 Å². The van der Waals surface area contributed by atoms with Crippen LogP contribution in [-0.4, -0.2) is 23.2 Å². The lowest BCUT2D eigenvalue weighted by Gasteiger charge is -2.42. The Morgan fingerprint density at radius 1 is 0.824 bits per heavy atom. The molecule has 1 fully saturated rings. The molecule has 1 aliphatic rings. The molecule has 2 heteroatoms. The van der Waals surface area contributed by atoms with Crippen molar-refractivity contribution in [3.8, 4) is 0 Å². The molecule has 0 aliphatic carbocycles. The first-order valence-electron chi connectivity index (χ1n) is 7.09. The second-order valence-electron chi connectivity index (χ2n) is 7.22. The maximum absolute atomic E-state index is 3.63. The van der Waals surface area contributed by atoms with E-state index in [1.54, 1.807) is 0 Å². The lowest BCUT2D eigenvalue weighted by atomic mass is 9.83. The summed E-state index contributed by atoms with van der Waals surface area (Å²) in [5.74, 6) is 0. The molecule has 2 N–H and O–H groups in total. The summed E-state index contributed by atoms with van der Waals surface area (Å²) >= 11 is 0. The Labute approximate surface area is 109 Å². The fourth-order valence-electron chi connectivity index (χ4n) is 2.68. The van der Waals surface area contributed by atoms with Gasteiger partial charge in [-0.2, -0.15) is 0 Å². The first kappa shape index (κ1) is 16.9. The minimum Gasteiger partial charge on any atom is -0.312 e. The molecule has 1 aliphatic heterocycles. The van der Waals surface area contributed by atoms with Crippen LogP contribution in [0.5, 0.6) is 0 Å². The molecule has 0 saturated carbocycles. The minimum absolute atomic E-state index is 0.363. The van der Waals surface area contributed by atoms with Crippen molar-refractivity contribution < 1.29 is 0 Å². The average Bonchev–Trinajstić information content (AvgIpc) is 1.95. The topological polar surface area (TPSA) is 24.1 Å². The second-order valence-corrected chi connectivity index (χ2v) is 7.22. The van der Waals surface area contributed by atoms with E-state index in [-0.39, 0.29) is 0 Å². The van der Waals surface area contributed by atoms with Gasteiger partial charge in [-0.05, 0) is 47.0 Å². The molecule has 0 bridgehead atoms. The Morgan fingerprint density at radius 3 is 1.29 bits per heavy atom. The highest BCUT2D eigenvalue weighted by molar-refractivity contribution is 4.92. The van der Waals surface area contributed by atoms with Crippen molar-refractivity contribution in [2.45, 2.75) is 97.8 Å². The molecular formula is C15H34N2.